The van der Waals surface area contributed by atoms with Gasteiger partial charge in [-0.1, -0.05) is 0 Å². The van der Waals surface area contributed by atoms with E-state index in [2.05, 4.69) is 10.3 Å². The summed E-state index contributed by atoms with van der Waals surface area (Å²) in [6.45, 7) is 1.22. The van der Waals surface area contributed by atoms with Gasteiger partial charge >= 0.3 is 0 Å². The first kappa shape index (κ1) is 8.86. The smallest absolute Gasteiger partial charge is 0.0794 e. The van der Waals surface area contributed by atoms with Crippen LogP contribution in [0.25, 0.3) is 0 Å². The molecule has 14 heavy (non-hydrogen) atoms. The molecular formula is C11H16N2S. The summed E-state index contributed by atoms with van der Waals surface area (Å²) < 4.78 is 0. The van der Waals surface area contributed by atoms with Crippen LogP contribution in [-0.2, 0) is 6.42 Å². The van der Waals surface area contributed by atoms with E-state index in [1.165, 1.54) is 43.5 Å². The van der Waals surface area contributed by atoms with Crippen molar-refractivity contribution in [3.05, 3.63) is 16.6 Å². The number of aromatic nitrogens is 1. The Hall–Kier alpha value is -0.410. The van der Waals surface area contributed by atoms with E-state index >= 15 is 0 Å². The van der Waals surface area contributed by atoms with E-state index in [4.69, 9.17) is 0 Å². The van der Waals surface area contributed by atoms with Crippen molar-refractivity contribution >= 4 is 11.3 Å². The summed E-state index contributed by atoms with van der Waals surface area (Å²) >= 11 is 1.80. The zero-order valence-corrected chi connectivity index (χ0v) is 9.15. The highest BCUT2D eigenvalue weighted by Gasteiger charge is 2.46. The van der Waals surface area contributed by atoms with Gasteiger partial charge in [0.15, 0.2) is 0 Å². The van der Waals surface area contributed by atoms with E-state index in [0.717, 1.165) is 5.92 Å². The number of rotatable bonds is 3. The summed E-state index contributed by atoms with van der Waals surface area (Å²) in [4.78, 5) is 5.62. The highest BCUT2D eigenvalue weighted by molar-refractivity contribution is 7.09. The second-order valence-corrected chi connectivity index (χ2v) is 5.58. The summed E-state index contributed by atoms with van der Waals surface area (Å²) in [6.07, 6.45) is 8.85. The lowest BCUT2D eigenvalue weighted by molar-refractivity contribution is 0.325. The van der Waals surface area contributed by atoms with Gasteiger partial charge in [-0.15, -0.1) is 11.3 Å². The van der Waals surface area contributed by atoms with Crippen molar-refractivity contribution < 1.29 is 0 Å². The molecule has 1 aliphatic carbocycles. The molecule has 1 aromatic heterocycles. The first-order valence-electron chi connectivity index (χ1n) is 5.51. The van der Waals surface area contributed by atoms with Gasteiger partial charge in [0, 0.05) is 23.0 Å². The van der Waals surface area contributed by atoms with Crippen LogP contribution in [-0.4, -0.2) is 17.1 Å². The van der Waals surface area contributed by atoms with Crippen molar-refractivity contribution in [1.82, 2.24) is 10.3 Å². The SMILES string of the molecule is c1ncc(CC2(C3CC3)CCCN2)s1. The van der Waals surface area contributed by atoms with Crippen molar-refractivity contribution in [3.8, 4) is 0 Å². The molecular weight excluding hydrogens is 192 g/mol. The molecule has 0 amide bonds. The fourth-order valence-electron chi connectivity index (χ4n) is 2.75. The number of thiazole rings is 1. The highest BCUT2D eigenvalue weighted by Crippen LogP contribution is 2.46. The van der Waals surface area contributed by atoms with Gasteiger partial charge < -0.3 is 5.32 Å². The molecule has 0 spiro atoms. The summed E-state index contributed by atoms with van der Waals surface area (Å²) in [6, 6.07) is 0. The standard InChI is InChI=1S/C11H16N2S/c1-4-11(13-5-1,9-2-3-9)6-10-7-12-8-14-10/h7-9,13H,1-6H2. The lowest BCUT2D eigenvalue weighted by Gasteiger charge is -2.29. The lowest BCUT2D eigenvalue weighted by atomic mass is 9.87. The van der Waals surface area contributed by atoms with Crippen LogP contribution in [0.5, 0.6) is 0 Å². The van der Waals surface area contributed by atoms with Crippen LogP contribution in [0.1, 0.15) is 30.6 Å². The van der Waals surface area contributed by atoms with E-state index in [1.54, 1.807) is 11.3 Å². The zero-order chi connectivity index (χ0) is 9.43. The Bertz CT molecular complexity index is 297. The fraction of sp³-hybridized carbons (Fsp3) is 0.727. The molecule has 2 nitrogen and oxygen atoms in total. The van der Waals surface area contributed by atoms with E-state index in [-0.39, 0.29) is 0 Å². The molecule has 1 saturated carbocycles. The normalized spacial score (nSPS) is 32.3. The Morgan fingerprint density at radius 2 is 2.50 bits per heavy atom. The molecule has 0 aromatic carbocycles. The third-order valence-corrected chi connectivity index (χ3v) is 4.39. The first-order valence-corrected chi connectivity index (χ1v) is 6.39. The molecule has 2 fully saturated rings. The van der Waals surface area contributed by atoms with Gasteiger partial charge in [-0.25, -0.2) is 0 Å². The fourth-order valence-corrected chi connectivity index (χ4v) is 3.47. The monoisotopic (exact) mass is 208 g/mol. The third-order valence-electron chi connectivity index (χ3n) is 3.61. The lowest BCUT2D eigenvalue weighted by Crippen LogP contribution is -2.43. The molecule has 1 aromatic rings. The quantitative estimate of drug-likeness (QED) is 0.824. The molecule has 0 radical (unpaired) electrons. The molecule has 2 aliphatic rings. The average molecular weight is 208 g/mol. The molecule has 1 N–H and O–H groups in total. The Labute approximate surface area is 88.7 Å². The third kappa shape index (κ3) is 1.48. The van der Waals surface area contributed by atoms with Crippen molar-refractivity contribution in [1.29, 1.82) is 0 Å². The summed E-state index contributed by atoms with van der Waals surface area (Å²) in [5, 5.41) is 3.75. The van der Waals surface area contributed by atoms with Gasteiger partial charge in [0.25, 0.3) is 0 Å². The maximum atomic E-state index is 4.17. The summed E-state index contributed by atoms with van der Waals surface area (Å²) in [5.74, 6) is 0.951. The van der Waals surface area contributed by atoms with Crippen LogP contribution < -0.4 is 5.32 Å². The van der Waals surface area contributed by atoms with Gasteiger partial charge in [-0.2, -0.15) is 0 Å². The Balaban J connectivity index is 1.79. The minimum Gasteiger partial charge on any atom is -0.311 e. The van der Waals surface area contributed by atoms with Crippen LogP contribution in [0.2, 0.25) is 0 Å². The maximum Gasteiger partial charge on any atom is 0.0794 e. The van der Waals surface area contributed by atoms with Crippen LogP contribution in [0.3, 0.4) is 0 Å². The van der Waals surface area contributed by atoms with E-state index in [1.807, 2.05) is 11.7 Å². The summed E-state index contributed by atoms with van der Waals surface area (Å²) in [7, 11) is 0. The Kier molecular flexibility index (Phi) is 2.10. The maximum absolute atomic E-state index is 4.17. The molecule has 3 heteroatoms. The number of hydrogen-bond acceptors (Lipinski definition) is 3. The average Bonchev–Trinajstić information content (AvgIpc) is 2.76. The second-order valence-electron chi connectivity index (χ2n) is 4.61. The molecule has 1 saturated heterocycles. The number of nitrogens with zero attached hydrogens (tertiary/aromatic N) is 1. The van der Waals surface area contributed by atoms with E-state index < -0.39 is 0 Å². The van der Waals surface area contributed by atoms with Crippen molar-refractivity contribution in [2.75, 3.05) is 6.54 Å². The van der Waals surface area contributed by atoms with E-state index in [0.29, 0.717) is 5.54 Å². The largest absolute Gasteiger partial charge is 0.311 e. The molecule has 1 atom stereocenters. The second kappa shape index (κ2) is 3.31. The molecule has 3 rings (SSSR count). The Morgan fingerprint density at radius 1 is 1.57 bits per heavy atom. The van der Waals surface area contributed by atoms with Crippen LogP contribution >= 0.6 is 11.3 Å². The molecule has 2 heterocycles. The first-order chi connectivity index (χ1) is 6.89. The molecule has 76 valence electrons. The van der Waals surface area contributed by atoms with Crippen LogP contribution in [0.15, 0.2) is 11.7 Å². The predicted octanol–water partition coefficient (Wildman–Crippen LogP) is 2.22. The number of hydrogen-bond donors (Lipinski definition) is 1. The van der Waals surface area contributed by atoms with Crippen LogP contribution in [0.4, 0.5) is 0 Å². The van der Waals surface area contributed by atoms with Gasteiger partial charge in [0.2, 0.25) is 0 Å². The minimum atomic E-state index is 0.451. The topological polar surface area (TPSA) is 24.9 Å². The van der Waals surface area contributed by atoms with Crippen molar-refractivity contribution in [2.24, 2.45) is 5.92 Å². The molecule has 0 bridgehead atoms. The van der Waals surface area contributed by atoms with Gasteiger partial charge in [0.1, 0.15) is 0 Å². The highest BCUT2D eigenvalue weighted by atomic mass is 32.1. The van der Waals surface area contributed by atoms with E-state index in [9.17, 15) is 0 Å². The number of nitrogens with one attached hydrogen (secondary N) is 1. The van der Waals surface area contributed by atoms with Crippen LogP contribution in [0, 0.1) is 5.92 Å². The predicted molar refractivity (Wildman–Crippen MR) is 58.5 cm³/mol. The molecule has 1 aliphatic heterocycles. The van der Waals surface area contributed by atoms with Gasteiger partial charge in [0.05, 0.1) is 5.51 Å². The van der Waals surface area contributed by atoms with Gasteiger partial charge in [-0.3, -0.25) is 4.98 Å². The zero-order valence-electron chi connectivity index (χ0n) is 8.33. The molecule has 1 unspecified atom stereocenters. The summed E-state index contributed by atoms with van der Waals surface area (Å²) in [5.41, 5.74) is 2.40. The van der Waals surface area contributed by atoms with Gasteiger partial charge in [-0.05, 0) is 38.1 Å². The van der Waals surface area contributed by atoms with Crippen molar-refractivity contribution in [3.63, 3.8) is 0 Å². The van der Waals surface area contributed by atoms with Crippen molar-refractivity contribution in [2.45, 2.75) is 37.6 Å². The Morgan fingerprint density at radius 3 is 3.07 bits per heavy atom. The minimum absolute atomic E-state index is 0.451.